The third kappa shape index (κ3) is 4.77. The van der Waals surface area contributed by atoms with Crippen LogP contribution >= 0.6 is 11.3 Å². The van der Waals surface area contributed by atoms with Crippen LogP contribution in [0.2, 0.25) is 0 Å². The van der Waals surface area contributed by atoms with Crippen molar-refractivity contribution < 1.29 is 19.1 Å². The van der Waals surface area contributed by atoms with Crippen LogP contribution in [-0.2, 0) is 9.59 Å². The summed E-state index contributed by atoms with van der Waals surface area (Å²) in [5.74, 6) is 1.93. The Hall–Kier alpha value is -3.33. The molecule has 184 valence electrons. The molecule has 1 N–H and O–H groups in total. The van der Waals surface area contributed by atoms with Gasteiger partial charge >= 0.3 is 0 Å². The lowest BCUT2D eigenvalue weighted by Gasteiger charge is -2.36. The number of carbonyl (C=O) groups is 2. The highest BCUT2D eigenvalue weighted by atomic mass is 32.1. The molecule has 35 heavy (non-hydrogen) atoms. The number of piperazine rings is 1. The number of carbonyl (C=O) groups excluding carboxylic acids is 2. The molecule has 8 nitrogen and oxygen atoms in total. The lowest BCUT2D eigenvalue weighted by atomic mass is 10.0. The highest BCUT2D eigenvalue weighted by Crippen LogP contribution is 2.39. The average Bonchev–Trinajstić information content (AvgIpc) is 3.53. The van der Waals surface area contributed by atoms with Crippen LogP contribution in [-0.4, -0.2) is 67.6 Å². The van der Waals surface area contributed by atoms with Gasteiger partial charge in [0.1, 0.15) is 17.6 Å². The minimum absolute atomic E-state index is 0.0806. The maximum Gasteiger partial charge on any atom is 0.220 e. The number of anilines is 1. The van der Waals surface area contributed by atoms with Gasteiger partial charge in [0.05, 0.1) is 28.5 Å². The number of methoxy groups -OCH3 is 1. The quantitative estimate of drug-likeness (QED) is 0.564. The second kappa shape index (κ2) is 9.73. The fraction of sp³-hybridized carbons (Fsp3) is 0.423. The number of hydrogen-bond acceptors (Lipinski definition) is 7. The molecule has 1 aromatic heterocycles. The Kier molecular flexibility index (Phi) is 6.51. The van der Waals surface area contributed by atoms with Gasteiger partial charge in [-0.1, -0.05) is 6.07 Å². The maximum absolute atomic E-state index is 11.7. The summed E-state index contributed by atoms with van der Waals surface area (Å²) >= 11 is 1.56. The fourth-order valence-electron chi connectivity index (χ4n) is 4.83. The van der Waals surface area contributed by atoms with Gasteiger partial charge < -0.3 is 24.6 Å². The van der Waals surface area contributed by atoms with Gasteiger partial charge in [-0.15, -0.1) is 11.3 Å². The van der Waals surface area contributed by atoms with E-state index in [4.69, 9.17) is 9.47 Å². The van der Waals surface area contributed by atoms with Crippen molar-refractivity contribution in [2.75, 3.05) is 44.7 Å². The third-order valence-electron chi connectivity index (χ3n) is 6.96. The summed E-state index contributed by atoms with van der Waals surface area (Å²) < 4.78 is 13.2. The van der Waals surface area contributed by atoms with Crippen molar-refractivity contribution in [3.63, 3.8) is 0 Å². The van der Waals surface area contributed by atoms with Crippen LogP contribution in [0.25, 0.3) is 21.3 Å². The molecule has 9 heteroatoms. The van der Waals surface area contributed by atoms with Gasteiger partial charge in [-0.2, -0.15) is 0 Å². The van der Waals surface area contributed by atoms with Gasteiger partial charge in [-0.25, -0.2) is 4.98 Å². The van der Waals surface area contributed by atoms with Crippen LogP contribution in [0.4, 0.5) is 5.69 Å². The smallest absolute Gasteiger partial charge is 0.220 e. The van der Waals surface area contributed by atoms with Crippen LogP contribution in [0.1, 0.15) is 20.3 Å². The minimum atomic E-state index is -0.0971. The summed E-state index contributed by atoms with van der Waals surface area (Å²) in [6.07, 6.45) is 0.395. The summed E-state index contributed by atoms with van der Waals surface area (Å²) in [6, 6.07) is 10.4. The van der Waals surface area contributed by atoms with Crippen LogP contribution in [0.5, 0.6) is 11.5 Å². The molecule has 3 heterocycles. The molecular weight excluding hydrogens is 464 g/mol. The van der Waals surface area contributed by atoms with Crippen LogP contribution in [0.3, 0.4) is 0 Å². The van der Waals surface area contributed by atoms with Crippen molar-refractivity contribution in [1.29, 1.82) is 0 Å². The Bertz CT molecular complexity index is 1250. The predicted molar refractivity (Wildman–Crippen MR) is 137 cm³/mol. The Morgan fingerprint density at radius 1 is 1.14 bits per heavy atom. The number of aromatic nitrogens is 1. The van der Waals surface area contributed by atoms with Gasteiger partial charge in [-0.3, -0.25) is 9.59 Å². The highest BCUT2D eigenvalue weighted by Gasteiger charge is 2.28. The lowest BCUT2D eigenvalue weighted by Crippen LogP contribution is -2.48. The number of rotatable bonds is 6. The van der Waals surface area contributed by atoms with Gasteiger partial charge in [0.25, 0.3) is 0 Å². The summed E-state index contributed by atoms with van der Waals surface area (Å²) in [6.45, 7) is 7.25. The number of hydrogen-bond donors (Lipinski definition) is 1. The Balaban J connectivity index is 1.42. The van der Waals surface area contributed by atoms with Crippen molar-refractivity contribution in [3.05, 3.63) is 35.8 Å². The first-order chi connectivity index (χ1) is 16.9. The largest absolute Gasteiger partial charge is 0.495 e. The fourth-order valence-corrected chi connectivity index (χ4v) is 5.56. The lowest BCUT2D eigenvalue weighted by molar-refractivity contribution is -0.129. The SMILES string of the molecule is COc1cc(-c2cc(O[C@H](C)[C@H]3CNC(=O)C3)c3scnc3c2)ccc1N1CCN(C(C)=O)CC1. The minimum Gasteiger partial charge on any atom is -0.495 e. The average molecular weight is 495 g/mol. The summed E-state index contributed by atoms with van der Waals surface area (Å²) in [5.41, 5.74) is 5.75. The number of nitrogens with zero attached hydrogens (tertiary/aromatic N) is 3. The number of thiazole rings is 1. The van der Waals surface area contributed by atoms with Crippen LogP contribution in [0.15, 0.2) is 35.8 Å². The zero-order valence-electron chi connectivity index (χ0n) is 20.2. The summed E-state index contributed by atoms with van der Waals surface area (Å²) in [5, 5.41) is 2.89. The van der Waals surface area contributed by atoms with Crippen molar-refractivity contribution >= 4 is 39.1 Å². The normalized spacial score (nSPS) is 19.1. The first kappa shape index (κ1) is 23.4. The molecule has 2 fully saturated rings. The Morgan fingerprint density at radius 2 is 1.91 bits per heavy atom. The second-order valence-corrected chi connectivity index (χ2v) is 10.0. The molecule has 0 radical (unpaired) electrons. The third-order valence-corrected chi connectivity index (χ3v) is 7.82. The molecule has 2 amide bonds. The molecule has 2 saturated heterocycles. The van der Waals surface area contributed by atoms with Gasteiger partial charge in [0, 0.05) is 52.0 Å². The molecule has 3 aromatic rings. The van der Waals surface area contributed by atoms with Gasteiger partial charge in [-0.05, 0) is 42.3 Å². The molecular formula is C26H30N4O4S. The standard InChI is InChI=1S/C26H30N4O4S/c1-16(20-13-25(32)27-14-20)34-24-12-19(10-21-26(24)35-15-28-21)18-4-5-22(23(11-18)33-3)30-8-6-29(7-9-30)17(2)31/h4-5,10-12,15-16,20H,6-9,13-14H2,1-3H3,(H,27,32)/t16-,20-/m1/s1. The van der Waals surface area contributed by atoms with Crippen molar-refractivity contribution in [3.8, 4) is 22.6 Å². The predicted octanol–water partition coefficient (Wildman–Crippen LogP) is 3.54. The Labute approximate surface area is 208 Å². The zero-order chi connectivity index (χ0) is 24.5. The van der Waals surface area contributed by atoms with Crippen molar-refractivity contribution in [2.45, 2.75) is 26.4 Å². The molecule has 0 aliphatic carbocycles. The van der Waals surface area contributed by atoms with Crippen molar-refractivity contribution in [2.24, 2.45) is 5.92 Å². The molecule has 2 aliphatic heterocycles. The molecule has 0 saturated carbocycles. The molecule has 0 spiro atoms. The summed E-state index contributed by atoms with van der Waals surface area (Å²) in [4.78, 5) is 32.0. The topological polar surface area (TPSA) is 84.0 Å². The first-order valence-corrected chi connectivity index (χ1v) is 12.8. The second-order valence-electron chi connectivity index (χ2n) is 9.15. The van der Waals surface area contributed by atoms with E-state index in [1.807, 2.05) is 23.4 Å². The van der Waals surface area contributed by atoms with E-state index in [2.05, 4.69) is 39.5 Å². The molecule has 0 unspecified atom stereocenters. The number of nitrogens with one attached hydrogen (secondary N) is 1. The molecule has 2 atom stereocenters. The molecule has 5 rings (SSSR count). The Morgan fingerprint density at radius 3 is 2.60 bits per heavy atom. The van der Waals surface area contributed by atoms with Gasteiger partial charge in [0.2, 0.25) is 11.8 Å². The van der Waals surface area contributed by atoms with E-state index < -0.39 is 0 Å². The summed E-state index contributed by atoms with van der Waals surface area (Å²) in [7, 11) is 1.69. The maximum atomic E-state index is 11.7. The van der Waals surface area contributed by atoms with E-state index in [9.17, 15) is 9.59 Å². The van der Waals surface area contributed by atoms with E-state index in [1.165, 1.54) is 0 Å². The van der Waals surface area contributed by atoms with E-state index in [0.29, 0.717) is 26.1 Å². The molecule has 0 bridgehead atoms. The first-order valence-electron chi connectivity index (χ1n) is 11.9. The van der Waals surface area contributed by atoms with E-state index >= 15 is 0 Å². The van der Waals surface area contributed by atoms with E-state index in [1.54, 1.807) is 25.4 Å². The van der Waals surface area contributed by atoms with E-state index in [-0.39, 0.29) is 23.8 Å². The number of ether oxygens (including phenoxy) is 2. The van der Waals surface area contributed by atoms with Gasteiger partial charge in [0.15, 0.2) is 0 Å². The highest BCUT2D eigenvalue weighted by molar-refractivity contribution is 7.17. The number of fused-ring (bicyclic) bond motifs is 1. The molecule has 2 aliphatic rings. The van der Waals surface area contributed by atoms with E-state index in [0.717, 1.165) is 51.6 Å². The number of amides is 2. The van der Waals surface area contributed by atoms with Crippen LogP contribution in [0, 0.1) is 5.92 Å². The zero-order valence-corrected chi connectivity index (χ0v) is 21.1. The monoisotopic (exact) mass is 494 g/mol. The number of benzene rings is 2. The molecule has 2 aromatic carbocycles. The van der Waals surface area contributed by atoms with Crippen molar-refractivity contribution in [1.82, 2.24) is 15.2 Å². The van der Waals surface area contributed by atoms with Crippen LogP contribution < -0.4 is 19.7 Å².